The summed E-state index contributed by atoms with van der Waals surface area (Å²) in [5.41, 5.74) is 2.37. The summed E-state index contributed by atoms with van der Waals surface area (Å²) in [6.07, 6.45) is 0.135. The van der Waals surface area contributed by atoms with Gasteiger partial charge in [-0.05, 0) is 25.5 Å². The molecule has 142 valence electrons. The number of carbonyl (C=O) groups excluding carboxylic acids is 2. The predicted molar refractivity (Wildman–Crippen MR) is 97.6 cm³/mol. The lowest BCUT2D eigenvalue weighted by molar-refractivity contribution is -0.129. The molecule has 6 heteroatoms. The summed E-state index contributed by atoms with van der Waals surface area (Å²) in [6.45, 7) is 4.42. The Hall–Kier alpha value is -2.76. The quantitative estimate of drug-likeness (QED) is 0.873. The minimum Gasteiger partial charge on any atom is -0.349 e. The van der Waals surface area contributed by atoms with E-state index in [4.69, 9.17) is 0 Å². The number of hydrogen-bond acceptors (Lipinski definition) is 2. The number of benzene rings is 2. The summed E-state index contributed by atoms with van der Waals surface area (Å²) in [4.78, 5) is 26.4. The number of rotatable bonds is 5. The van der Waals surface area contributed by atoms with Crippen LogP contribution in [0.4, 0.5) is 8.78 Å². The fourth-order valence-electron chi connectivity index (χ4n) is 3.28. The maximum absolute atomic E-state index is 13.9. The summed E-state index contributed by atoms with van der Waals surface area (Å²) in [5.74, 6) is -2.22. The van der Waals surface area contributed by atoms with Crippen molar-refractivity contribution in [3.63, 3.8) is 0 Å². The molecule has 1 fully saturated rings. The first-order chi connectivity index (χ1) is 12.8. The van der Waals surface area contributed by atoms with Crippen LogP contribution in [-0.2, 0) is 16.1 Å². The van der Waals surface area contributed by atoms with Crippen LogP contribution in [0.15, 0.2) is 42.5 Å². The maximum atomic E-state index is 13.9. The number of carbonyl (C=O) groups is 2. The molecule has 1 aliphatic heterocycles. The molecule has 2 aromatic carbocycles. The molecule has 0 saturated carbocycles. The second-order valence-corrected chi connectivity index (χ2v) is 7.06. The highest BCUT2D eigenvalue weighted by Crippen LogP contribution is 2.23. The molecule has 0 aromatic heterocycles. The highest BCUT2D eigenvalue weighted by molar-refractivity contribution is 5.89. The zero-order valence-electron chi connectivity index (χ0n) is 15.3. The Morgan fingerprint density at radius 2 is 1.93 bits per heavy atom. The van der Waals surface area contributed by atoms with Crippen LogP contribution in [0.25, 0.3) is 0 Å². The van der Waals surface area contributed by atoms with Gasteiger partial charge in [0.15, 0.2) is 0 Å². The van der Waals surface area contributed by atoms with Gasteiger partial charge in [-0.1, -0.05) is 35.9 Å². The molecule has 2 aromatic rings. The zero-order chi connectivity index (χ0) is 19.6. The van der Waals surface area contributed by atoms with Crippen molar-refractivity contribution in [2.45, 2.75) is 32.9 Å². The minimum absolute atomic E-state index is 0.0728. The number of amides is 2. The van der Waals surface area contributed by atoms with Gasteiger partial charge in [-0.3, -0.25) is 9.59 Å². The van der Waals surface area contributed by atoms with Crippen LogP contribution in [0.2, 0.25) is 0 Å². The van der Waals surface area contributed by atoms with Crippen molar-refractivity contribution in [1.29, 1.82) is 0 Å². The van der Waals surface area contributed by atoms with Crippen LogP contribution in [0, 0.1) is 24.5 Å². The molecule has 4 nitrogen and oxygen atoms in total. The van der Waals surface area contributed by atoms with E-state index >= 15 is 0 Å². The Labute approximate surface area is 157 Å². The molecule has 0 bridgehead atoms. The molecule has 2 amide bonds. The van der Waals surface area contributed by atoms with Gasteiger partial charge in [0, 0.05) is 31.1 Å². The first-order valence-corrected chi connectivity index (χ1v) is 8.92. The summed E-state index contributed by atoms with van der Waals surface area (Å²) in [6, 6.07) is 10.6. The summed E-state index contributed by atoms with van der Waals surface area (Å²) in [7, 11) is 0. The first-order valence-electron chi connectivity index (χ1n) is 8.92. The average Bonchev–Trinajstić information content (AvgIpc) is 2.97. The summed E-state index contributed by atoms with van der Waals surface area (Å²) < 4.78 is 26.9. The number of likely N-dealkylation sites (tertiary alicyclic amines) is 1. The number of nitrogens with zero attached hydrogens (tertiary/aromatic N) is 1. The second kappa shape index (κ2) is 7.86. The second-order valence-electron chi connectivity index (χ2n) is 7.06. The first kappa shape index (κ1) is 19.0. The van der Waals surface area contributed by atoms with Crippen molar-refractivity contribution in [1.82, 2.24) is 10.2 Å². The normalized spacial score (nSPS) is 17.9. The third-order valence-corrected chi connectivity index (χ3v) is 4.87. The molecule has 2 unspecified atom stereocenters. The van der Waals surface area contributed by atoms with Gasteiger partial charge in [0.2, 0.25) is 11.8 Å². The van der Waals surface area contributed by atoms with Crippen LogP contribution in [0.3, 0.4) is 0 Å². The van der Waals surface area contributed by atoms with Gasteiger partial charge in [-0.25, -0.2) is 8.78 Å². The number of nitrogens with one attached hydrogen (secondary N) is 1. The Morgan fingerprint density at radius 1 is 1.22 bits per heavy atom. The largest absolute Gasteiger partial charge is 0.349 e. The number of hydrogen-bond donors (Lipinski definition) is 1. The summed E-state index contributed by atoms with van der Waals surface area (Å²) >= 11 is 0. The molecule has 1 heterocycles. The Bertz CT molecular complexity index is 852. The van der Waals surface area contributed by atoms with Crippen molar-refractivity contribution < 1.29 is 18.4 Å². The molecule has 1 aliphatic rings. The van der Waals surface area contributed by atoms with Crippen molar-refractivity contribution >= 4 is 11.8 Å². The Kier molecular flexibility index (Phi) is 5.54. The van der Waals surface area contributed by atoms with Gasteiger partial charge < -0.3 is 10.2 Å². The van der Waals surface area contributed by atoms with E-state index in [9.17, 15) is 18.4 Å². The average molecular weight is 372 g/mol. The zero-order valence-corrected chi connectivity index (χ0v) is 15.3. The van der Waals surface area contributed by atoms with E-state index in [0.717, 1.165) is 23.3 Å². The van der Waals surface area contributed by atoms with Crippen molar-refractivity contribution in [3.8, 4) is 0 Å². The fraction of sp³-hybridized carbons (Fsp3) is 0.333. The monoisotopic (exact) mass is 372 g/mol. The smallest absolute Gasteiger partial charge is 0.225 e. The molecule has 0 radical (unpaired) electrons. The van der Waals surface area contributed by atoms with E-state index in [2.05, 4.69) is 5.32 Å². The number of aryl methyl sites for hydroxylation is 1. The van der Waals surface area contributed by atoms with E-state index in [-0.39, 0.29) is 23.8 Å². The van der Waals surface area contributed by atoms with Crippen LogP contribution in [0.1, 0.15) is 36.1 Å². The van der Waals surface area contributed by atoms with Crippen LogP contribution in [0.5, 0.6) is 0 Å². The van der Waals surface area contributed by atoms with Crippen molar-refractivity contribution in [2.75, 3.05) is 6.54 Å². The molecule has 3 rings (SSSR count). The maximum Gasteiger partial charge on any atom is 0.225 e. The van der Waals surface area contributed by atoms with E-state index in [1.54, 1.807) is 11.8 Å². The molecule has 2 atom stereocenters. The van der Waals surface area contributed by atoms with Gasteiger partial charge in [0.1, 0.15) is 11.6 Å². The van der Waals surface area contributed by atoms with E-state index in [1.165, 1.54) is 6.07 Å². The molecule has 1 saturated heterocycles. The molecule has 0 aliphatic carbocycles. The number of halogens is 2. The lowest BCUT2D eigenvalue weighted by atomic mass is 10.0. The van der Waals surface area contributed by atoms with Gasteiger partial charge in [0.05, 0.1) is 12.0 Å². The van der Waals surface area contributed by atoms with Gasteiger partial charge in [-0.15, -0.1) is 0 Å². The lowest BCUT2D eigenvalue weighted by Gasteiger charge is -2.19. The van der Waals surface area contributed by atoms with Gasteiger partial charge >= 0.3 is 0 Å². The van der Waals surface area contributed by atoms with E-state index in [0.29, 0.717) is 13.1 Å². The SMILES string of the molecule is Cc1ccc(CN2CC(C(=O)NC(C)c3ccc(F)cc3F)CC2=O)cc1. The van der Waals surface area contributed by atoms with Gasteiger partial charge in [-0.2, -0.15) is 0 Å². The van der Waals surface area contributed by atoms with E-state index < -0.39 is 23.6 Å². The molecular weight excluding hydrogens is 350 g/mol. The lowest BCUT2D eigenvalue weighted by Crippen LogP contribution is -2.34. The molecule has 0 spiro atoms. The third-order valence-electron chi connectivity index (χ3n) is 4.87. The Balaban J connectivity index is 1.60. The molecule has 27 heavy (non-hydrogen) atoms. The van der Waals surface area contributed by atoms with Crippen LogP contribution < -0.4 is 5.32 Å². The topological polar surface area (TPSA) is 49.4 Å². The van der Waals surface area contributed by atoms with E-state index in [1.807, 2.05) is 31.2 Å². The summed E-state index contributed by atoms with van der Waals surface area (Å²) in [5, 5.41) is 2.73. The molecular formula is C21H22F2N2O2. The molecule has 1 N–H and O–H groups in total. The fourth-order valence-corrected chi connectivity index (χ4v) is 3.28. The highest BCUT2D eigenvalue weighted by atomic mass is 19.1. The highest BCUT2D eigenvalue weighted by Gasteiger charge is 2.34. The van der Waals surface area contributed by atoms with Crippen LogP contribution in [-0.4, -0.2) is 23.3 Å². The minimum atomic E-state index is -0.703. The predicted octanol–water partition coefficient (Wildman–Crippen LogP) is 3.50. The third kappa shape index (κ3) is 4.51. The van der Waals surface area contributed by atoms with Gasteiger partial charge in [0.25, 0.3) is 0 Å². The van der Waals surface area contributed by atoms with Crippen LogP contribution >= 0.6 is 0 Å². The van der Waals surface area contributed by atoms with Crippen molar-refractivity contribution in [3.05, 3.63) is 70.8 Å². The standard InChI is InChI=1S/C21H22F2N2O2/c1-13-3-5-15(6-4-13)11-25-12-16(9-20(25)26)21(27)24-14(2)18-8-7-17(22)10-19(18)23/h3-8,10,14,16H,9,11-12H2,1-2H3,(H,24,27). The van der Waals surface area contributed by atoms with Crippen molar-refractivity contribution in [2.24, 2.45) is 5.92 Å². The Morgan fingerprint density at radius 3 is 2.59 bits per heavy atom.